The van der Waals surface area contributed by atoms with Crippen molar-refractivity contribution in [3.8, 4) is 0 Å². The Labute approximate surface area is 73.6 Å². The molecule has 1 rings (SSSR count). The van der Waals surface area contributed by atoms with Crippen molar-refractivity contribution in [3.05, 3.63) is 12.2 Å². The zero-order valence-corrected chi connectivity index (χ0v) is 7.69. The molecule has 0 amide bonds. The molecule has 1 aliphatic carbocycles. The maximum absolute atomic E-state index is 10.5. The van der Waals surface area contributed by atoms with E-state index in [1.165, 1.54) is 0 Å². The van der Waals surface area contributed by atoms with Gasteiger partial charge >= 0.3 is 0 Å². The summed E-state index contributed by atoms with van der Waals surface area (Å²) in [5, 5.41) is 0. The van der Waals surface area contributed by atoms with Gasteiger partial charge in [0, 0.05) is 5.92 Å². The molecule has 0 radical (unpaired) electrons. The number of carbonyl (C=O) groups is 1. The third kappa shape index (κ3) is 2.78. The number of carbonyl (C=O) groups excluding carboxylic acids is 1. The molecule has 0 aromatic heterocycles. The van der Waals surface area contributed by atoms with Crippen LogP contribution in [0.2, 0.25) is 0 Å². The lowest BCUT2D eigenvalue weighted by molar-refractivity contribution is -0.111. The molecule has 2 heteroatoms. The molecular weight excluding hydrogens is 152 g/mol. The Hall–Kier alpha value is -0.630. The molecule has 2 nitrogen and oxygen atoms in total. The average Bonchev–Trinajstić information content (AvgIpc) is 2.03. The SMILES string of the molecule is CC(C)OC1CC=CC(C=O)C1. The van der Waals surface area contributed by atoms with E-state index in [4.69, 9.17) is 4.74 Å². The monoisotopic (exact) mass is 168 g/mol. The van der Waals surface area contributed by atoms with Gasteiger partial charge in [0.25, 0.3) is 0 Å². The molecule has 0 heterocycles. The summed E-state index contributed by atoms with van der Waals surface area (Å²) in [6, 6.07) is 0. The maximum Gasteiger partial charge on any atom is 0.126 e. The van der Waals surface area contributed by atoms with E-state index < -0.39 is 0 Å². The largest absolute Gasteiger partial charge is 0.375 e. The van der Waals surface area contributed by atoms with Crippen LogP contribution in [0.4, 0.5) is 0 Å². The van der Waals surface area contributed by atoms with Crippen LogP contribution in [0.25, 0.3) is 0 Å². The van der Waals surface area contributed by atoms with Gasteiger partial charge in [0.05, 0.1) is 12.2 Å². The lowest BCUT2D eigenvalue weighted by Crippen LogP contribution is -2.23. The molecule has 0 aromatic rings. The highest BCUT2D eigenvalue weighted by Crippen LogP contribution is 2.19. The quantitative estimate of drug-likeness (QED) is 0.475. The highest BCUT2D eigenvalue weighted by molar-refractivity contribution is 5.56. The van der Waals surface area contributed by atoms with Crippen LogP contribution in [0.1, 0.15) is 26.7 Å². The molecule has 0 N–H and O–H groups in total. The first-order chi connectivity index (χ1) is 5.72. The van der Waals surface area contributed by atoms with Gasteiger partial charge in [0.2, 0.25) is 0 Å². The van der Waals surface area contributed by atoms with Crippen molar-refractivity contribution >= 4 is 6.29 Å². The third-order valence-corrected chi connectivity index (χ3v) is 1.96. The number of hydrogen-bond acceptors (Lipinski definition) is 2. The van der Waals surface area contributed by atoms with E-state index in [9.17, 15) is 4.79 Å². The number of rotatable bonds is 3. The van der Waals surface area contributed by atoms with Crippen molar-refractivity contribution in [1.29, 1.82) is 0 Å². The predicted octanol–water partition coefficient (Wildman–Crippen LogP) is 1.95. The molecular formula is C10H16O2. The van der Waals surface area contributed by atoms with Gasteiger partial charge in [0.15, 0.2) is 0 Å². The van der Waals surface area contributed by atoms with E-state index in [0.29, 0.717) is 0 Å². The second-order valence-corrected chi connectivity index (χ2v) is 3.51. The molecule has 0 bridgehead atoms. The van der Waals surface area contributed by atoms with Crippen molar-refractivity contribution in [2.24, 2.45) is 5.92 Å². The Balaban J connectivity index is 2.39. The Morgan fingerprint density at radius 1 is 1.58 bits per heavy atom. The lowest BCUT2D eigenvalue weighted by atomic mass is 9.95. The van der Waals surface area contributed by atoms with Gasteiger partial charge in [0.1, 0.15) is 6.29 Å². The molecule has 0 aliphatic heterocycles. The van der Waals surface area contributed by atoms with Crippen molar-refractivity contribution < 1.29 is 9.53 Å². The maximum atomic E-state index is 10.5. The summed E-state index contributed by atoms with van der Waals surface area (Å²) in [6.45, 7) is 4.04. The van der Waals surface area contributed by atoms with Gasteiger partial charge < -0.3 is 9.53 Å². The van der Waals surface area contributed by atoms with Crippen LogP contribution in [0.15, 0.2) is 12.2 Å². The first-order valence-electron chi connectivity index (χ1n) is 4.49. The Bertz CT molecular complexity index is 173. The van der Waals surface area contributed by atoms with E-state index >= 15 is 0 Å². The van der Waals surface area contributed by atoms with Crippen molar-refractivity contribution in [3.63, 3.8) is 0 Å². The van der Waals surface area contributed by atoms with E-state index in [0.717, 1.165) is 19.1 Å². The van der Waals surface area contributed by atoms with Crippen LogP contribution in [0.3, 0.4) is 0 Å². The second kappa shape index (κ2) is 4.41. The fraction of sp³-hybridized carbons (Fsp3) is 0.700. The number of aldehydes is 1. The summed E-state index contributed by atoms with van der Waals surface area (Å²) in [7, 11) is 0. The summed E-state index contributed by atoms with van der Waals surface area (Å²) in [4.78, 5) is 10.5. The molecule has 2 unspecified atom stereocenters. The molecule has 12 heavy (non-hydrogen) atoms. The number of allylic oxidation sites excluding steroid dienone is 1. The topological polar surface area (TPSA) is 26.3 Å². The van der Waals surface area contributed by atoms with Gasteiger partial charge in [-0.2, -0.15) is 0 Å². The summed E-state index contributed by atoms with van der Waals surface area (Å²) < 4.78 is 5.61. The van der Waals surface area contributed by atoms with Crippen LogP contribution in [-0.2, 0) is 9.53 Å². The molecule has 0 fully saturated rings. The standard InChI is InChI=1S/C10H16O2/c1-8(2)12-10-5-3-4-9(6-10)7-11/h3-4,7-10H,5-6H2,1-2H3. The highest BCUT2D eigenvalue weighted by Gasteiger charge is 2.18. The number of ether oxygens (including phenoxy) is 1. The first kappa shape index (κ1) is 9.46. The highest BCUT2D eigenvalue weighted by atomic mass is 16.5. The zero-order valence-electron chi connectivity index (χ0n) is 7.69. The van der Waals surface area contributed by atoms with Crippen LogP contribution in [-0.4, -0.2) is 18.5 Å². The minimum atomic E-state index is 0.0718. The Kier molecular flexibility index (Phi) is 3.48. The van der Waals surface area contributed by atoms with E-state index in [2.05, 4.69) is 0 Å². The summed E-state index contributed by atoms with van der Waals surface area (Å²) >= 11 is 0. The van der Waals surface area contributed by atoms with Gasteiger partial charge in [-0.05, 0) is 26.7 Å². The second-order valence-electron chi connectivity index (χ2n) is 3.51. The molecule has 0 aromatic carbocycles. The van der Waals surface area contributed by atoms with E-state index in [-0.39, 0.29) is 18.1 Å². The van der Waals surface area contributed by atoms with Crippen LogP contribution in [0.5, 0.6) is 0 Å². The Morgan fingerprint density at radius 3 is 2.92 bits per heavy atom. The molecule has 1 aliphatic rings. The summed E-state index contributed by atoms with van der Waals surface area (Å²) in [6.07, 6.45) is 7.29. The van der Waals surface area contributed by atoms with Gasteiger partial charge in [-0.1, -0.05) is 12.2 Å². The minimum Gasteiger partial charge on any atom is -0.375 e. The summed E-state index contributed by atoms with van der Waals surface area (Å²) in [5.74, 6) is 0.0718. The van der Waals surface area contributed by atoms with Gasteiger partial charge in [-0.25, -0.2) is 0 Å². The molecule has 2 atom stereocenters. The molecule has 0 saturated heterocycles. The first-order valence-corrected chi connectivity index (χ1v) is 4.49. The molecule has 68 valence electrons. The van der Waals surface area contributed by atoms with Crippen LogP contribution in [0, 0.1) is 5.92 Å². The zero-order chi connectivity index (χ0) is 8.97. The van der Waals surface area contributed by atoms with E-state index in [1.807, 2.05) is 26.0 Å². The van der Waals surface area contributed by atoms with Crippen LogP contribution < -0.4 is 0 Å². The molecule has 0 saturated carbocycles. The fourth-order valence-electron chi connectivity index (χ4n) is 1.48. The average molecular weight is 168 g/mol. The van der Waals surface area contributed by atoms with Crippen LogP contribution >= 0.6 is 0 Å². The Morgan fingerprint density at radius 2 is 2.33 bits per heavy atom. The third-order valence-electron chi connectivity index (χ3n) is 1.96. The van der Waals surface area contributed by atoms with Crippen molar-refractivity contribution in [2.45, 2.75) is 38.9 Å². The summed E-state index contributed by atoms with van der Waals surface area (Å²) in [5.41, 5.74) is 0. The minimum absolute atomic E-state index is 0.0718. The van der Waals surface area contributed by atoms with Gasteiger partial charge in [-0.15, -0.1) is 0 Å². The predicted molar refractivity (Wildman–Crippen MR) is 47.9 cm³/mol. The normalized spacial score (nSPS) is 29.2. The molecule has 0 spiro atoms. The fourth-order valence-corrected chi connectivity index (χ4v) is 1.48. The van der Waals surface area contributed by atoms with E-state index in [1.54, 1.807) is 0 Å². The van der Waals surface area contributed by atoms with Gasteiger partial charge in [-0.3, -0.25) is 0 Å². The lowest BCUT2D eigenvalue weighted by Gasteiger charge is -2.23. The van der Waals surface area contributed by atoms with Crippen molar-refractivity contribution in [2.75, 3.05) is 0 Å². The van der Waals surface area contributed by atoms with Crippen molar-refractivity contribution in [1.82, 2.24) is 0 Å². The number of hydrogen-bond donors (Lipinski definition) is 0. The smallest absolute Gasteiger partial charge is 0.126 e.